The molecule has 0 saturated carbocycles. The Morgan fingerprint density at radius 2 is 1.71 bits per heavy atom. The third-order valence-corrected chi connectivity index (χ3v) is 4.24. The molecule has 1 N–H and O–H groups in total. The molecule has 0 aliphatic heterocycles. The molecule has 3 aromatic rings. The molecule has 0 aliphatic rings. The van der Waals surface area contributed by atoms with E-state index in [-0.39, 0.29) is 0 Å². The molecule has 0 amide bonds. The number of hydrogen-bond donors (Lipinski definition) is 1. The molecule has 1 heterocycles. The summed E-state index contributed by atoms with van der Waals surface area (Å²) in [6.07, 6.45) is 0. The average Bonchev–Trinajstić information content (AvgIpc) is 2.80. The van der Waals surface area contributed by atoms with E-state index in [0.29, 0.717) is 0 Å². The standard InChI is InChI=1S/C13H10N2S2/c1-2-6-10(7-3-1)15-17-13-14-11-8-4-5-9-12(11)16-13/h1-9,15H. The van der Waals surface area contributed by atoms with E-state index in [1.807, 2.05) is 48.5 Å². The minimum atomic E-state index is 1.04. The zero-order valence-corrected chi connectivity index (χ0v) is 10.6. The van der Waals surface area contributed by atoms with Gasteiger partial charge in [0.15, 0.2) is 4.34 Å². The number of aromatic nitrogens is 1. The van der Waals surface area contributed by atoms with Crippen LogP contribution in [0.3, 0.4) is 0 Å². The summed E-state index contributed by atoms with van der Waals surface area (Å²) < 4.78 is 5.55. The van der Waals surface area contributed by atoms with Gasteiger partial charge >= 0.3 is 0 Å². The van der Waals surface area contributed by atoms with Gasteiger partial charge in [-0.3, -0.25) is 0 Å². The van der Waals surface area contributed by atoms with Crippen molar-refractivity contribution in [3.63, 3.8) is 0 Å². The molecule has 2 aromatic carbocycles. The predicted molar refractivity (Wildman–Crippen MR) is 75.5 cm³/mol. The van der Waals surface area contributed by atoms with Gasteiger partial charge in [-0.1, -0.05) is 30.3 Å². The Morgan fingerprint density at radius 3 is 2.53 bits per heavy atom. The van der Waals surface area contributed by atoms with Crippen LogP contribution in [0.5, 0.6) is 0 Å². The second-order valence-corrected chi connectivity index (χ2v) is 5.60. The van der Waals surface area contributed by atoms with Crippen LogP contribution in [0.1, 0.15) is 0 Å². The van der Waals surface area contributed by atoms with Crippen LogP contribution in [-0.2, 0) is 0 Å². The lowest BCUT2D eigenvalue weighted by Gasteiger charge is -2.00. The molecular formula is C13H10N2S2. The minimum absolute atomic E-state index is 1.04. The molecule has 0 aliphatic carbocycles. The van der Waals surface area contributed by atoms with Crippen molar-refractivity contribution in [1.29, 1.82) is 0 Å². The first kappa shape index (κ1) is 10.6. The van der Waals surface area contributed by atoms with E-state index >= 15 is 0 Å². The second kappa shape index (κ2) is 4.77. The van der Waals surface area contributed by atoms with E-state index in [1.54, 1.807) is 23.3 Å². The van der Waals surface area contributed by atoms with Crippen LogP contribution in [0.2, 0.25) is 0 Å². The van der Waals surface area contributed by atoms with Crippen LogP contribution in [0, 0.1) is 0 Å². The average molecular weight is 258 g/mol. The van der Waals surface area contributed by atoms with Crippen LogP contribution in [0.25, 0.3) is 10.2 Å². The normalized spacial score (nSPS) is 10.6. The predicted octanol–water partition coefficient (Wildman–Crippen LogP) is 4.42. The number of fused-ring (bicyclic) bond motifs is 1. The number of nitrogens with zero attached hydrogens (tertiary/aromatic N) is 1. The van der Waals surface area contributed by atoms with Gasteiger partial charge in [-0.25, -0.2) is 4.98 Å². The van der Waals surface area contributed by atoms with Crippen LogP contribution in [-0.4, -0.2) is 4.98 Å². The van der Waals surface area contributed by atoms with Crippen LogP contribution < -0.4 is 4.72 Å². The summed E-state index contributed by atoms with van der Waals surface area (Å²) in [6, 6.07) is 18.3. The van der Waals surface area contributed by atoms with Gasteiger partial charge < -0.3 is 4.72 Å². The molecule has 0 saturated heterocycles. The molecule has 0 atom stereocenters. The maximum absolute atomic E-state index is 4.55. The molecule has 3 rings (SSSR count). The highest BCUT2D eigenvalue weighted by atomic mass is 32.2. The van der Waals surface area contributed by atoms with E-state index in [4.69, 9.17) is 0 Å². The second-order valence-electron chi connectivity index (χ2n) is 3.52. The van der Waals surface area contributed by atoms with Gasteiger partial charge in [0.1, 0.15) is 0 Å². The molecule has 1 aromatic heterocycles. The molecule has 0 bridgehead atoms. The molecule has 0 radical (unpaired) electrons. The SMILES string of the molecule is c1ccc(NSc2nc3ccccc3s2)cc1. The number of thiazole rings is 1. The Bertz CT molecular complexity index is 586. The van der Waals surface area contributed by atoms with E-state index in [2.05, 4.69) is 15.8 Å². The maximum atomic E-state index is 4.55. The van der Waals surface area contributed by atoms with Gasteiger partial charge in [0.2, 0.25) is 0 Å². The summed E-state index contributed by atoms with van der Waals surface area (Å²) in [6.45, 7) is 0. The first-order valence-corrected chi connectivity index (χ1v) is 6.88. The number of anilines is 1. The van der Waals surface area contributed by atoms with Gasteiger partial charge in [0.05, 0.1) is 10.2 Å². The van der Waals surface area contributed by atoms with E-state index < -0.39 is 0 Å². The quantitative estimate of drug-likeness (QED) is 0.704. The van der Waals surface area contributed by atoms with Gasteiger partial charge in [0, 0.05) is 17.6 Å². The molecule has 0 spiro atoms. The lowest BCUT2D eigenvalue weighted by Crippen LogP contribution is -1.84. The molecule has 0 unspecified atom stereocenters. The smallest absolute Gasteiger partial charge is 0.171 e. The monoisotopic (exact) mass is 258 g/mol. The zero-order chi connectivity index (χ0) is 11.5. The third kappa shape index (κ3) is 2.43. The fourth-order valence-corrected chi connectivity index (χ4v) is 3.25. The number of hydrogen-bond acceptors (Lipinski definition) is 4. The molecule has 0 fully saturated rings. The van der Waals surface area contributed by atoms with Gasteiger partial charge in [-0.15, -0.1) is 11.3 Å². The van der Waals surface area contributed by atoms with Gasteiger partial charge in [-0.05, 0) is 24.3 Å². The number of benzene rings is 2. The lowest BCUT2D eigenvalue weighted by molar-refractivity contribution is 1.31. The molecule has 17 heavy (non-hydrogen) atoms. The summed E-state index contributed by atoms with van der Waals surface area (Å²) in [5.41, 5.74) is 2.16. The van der Waals surface area contributed by atoms with Gasteiger partial charge in [0.25, 0.3) is 0 Å². The van der Waals surface area contributed by atoms with E-state index in [9.17, 15) is 0 Å². The molecular weight excluding hydrogens is 248 g/mol. The lowest BCUT2D eigenvalue weighted by atomic mass is 10.3. The summed E-state index contributed by atoms with van der Waals surface area (Å²) in [7, 11) is 0. The summed E-state index contributed by atoms with van der Waals surface area (Å²) in [5.74, 6) is 0. The first-order valence-electron chi connectivity index (χ1n) is 5.25. The Labute approximate surface area is 108 Å². The van der Waals surface area contributed by atoms with Crippen LogP contribution in [0.15, 0.2) is 58.9 Å². The summed E-state index contributed by atoms with van der Waals surface area (Å²) >= 11 is 3.26. The first-order chi connectivity index (χ1) is 8.42. The molecule has 84 valence electrons. The number of rotatable bonds is 3. The third-order valence-electron chi connectivity index (χ3n) is 2.30. The molecule has 2 nitrogen and oxygen atoms in total. The number of para-hydroxylation sites is 2. The van der Waals surface area contributed by atoms with Crippen molar-refractivity contribution in [3.05, 3.63) is 54.6 Å². The highest BCUT2D eigenvalue weighted by Crippen LogP contribution is 2.29. The molecule has 4 heteroatoms. The maximum Gasteiger partial charge on any atom is 0.171 e. The van der Waals surface area contributed by atoms with E-state index in [0.717, 1.165) is 15.5 Å². The Morgan fingerprint density at radius 1 is 0.941 bits per heavy atom. The van der Waals surface area contributed by atoms with Crippen LogP contribution >= 0.6 is 23.3 Å². The summed E-state index contributed by atoms with van der Waals surface area (Å²) in [4.78, 5) is 4.55. The van der Waals surface area contributed by atoms with Crippen molar-refractivity contribution in [2.24, 2.45) is 0 Å². The summed E-state index contributed by atoms with van der Waals surface area (Å²) in [5, 5.41) is 0. The topological polar surface area (TPSA) is 24.9 Å². The largest absolute Gasteiger partial charge is 0.324 e. The highest BCUT2D eigenvalue weighted by Gasteiger charge is 2.03. The van der Waals surface area contributed by atoms with E-state index in [1.165, 1.54) is 4.70 Å². The zero-order valence-electron chi connectivity index (χ0n) is 8.96. The van der Waals surface area contributed by atoms with Gasteiger partial charge in [-0.2, -0.15) is 0 Å². The van der Waals surface area contributed by atoms with Crippen molar-refractivity contribution in [1.82, 2.24) is 4.98 Å². The van der Waals surface area contributed by atoms with Crippen molar-refractivity contribution in [2.75, 3.05) is 4.72 Å². The highest BCUT2D eigenvalue weighted by molar-refractivity contribution is 8.02. The van der Waals surface area contributed by atoms with Crippen molar-refractivity contribution in [3.8, 4) is 0 Å². The van der Waals surface area contributed by atoms with Crippen molar-refractivity contribution < 1.29 is 0 Å². The van der Waals surface area contributed by atoms with Crippen molar-refractivity contribution >= 4 is 39.2 Å². The Kier molecular flexibility index (Phi) is 2.98. The van der Waals surface area contributed by atoms with Crippen molar-refractivity contribution in [2.45, 2.75) is 4.34 Å². The van der Waals surface area contributed by atoms with Crippen LogP contribution in [0.4, 0.5) is 5.69 Å². The Hall–Kier alpha value is -1.52. The fourth-order valence-electron chi connectivity index (χ4n) is 1.50. The number of nitrogens with one attached hydrogen (secondary N) is 1. The Balaban J connectivity index is 1.77. The fraction of sp³-hybridized carbons (Fsp3) is 0. The minimum Gasteiger partial charge on any atom is -0.324 e.